The lowest BCUT2D eigenvalue weighted by Crippen LogP contribution is -2.20. The molecule has 132 valence electrons. The van der Waals surface area contributed by atoms with Crippen molar-refractivity contribution in [2.24, 2.45) is 0 Å². The lowest BCUT2D eigenvalue weighted by molar-refractivity contribution is -0.151. The number of hydrogen-bond donors (Lipinski definition) is 2. The zero-order chi connectivity index (χ0) is 16.5. The van der Waals surface area contributed by atoms with Gasteiger partial charge in [-0.05, 0) is 25.7 Å². The van der Waals surface area contributed by atoms with Gasteiger partial charge >= 0.3 is 5.97 Å². The quantitative estimate of drug-likeness (QED) is 0.325. The first-order valence-electron chi connectivity index (χ1n) is 9.31. The molecule has 0 fully saturated rings. The molecule has 0 saturated carbocycles. The minimum absolute atomic E-state index is 0.121. The van der Waals surface area contributed by atoms with Crippen LogP contribution in [0.25, 0.3) is 0 Å². The highest BCUT2D eigenvalue weighted by atomic mass is 16.7. The van der Waals surface area contributed by atoms with E-state index in [-0.39, 0.29) is 12.1 Å². The third-order valence-electron chi connectivity index (χ3n) is 3.96. The maximum absolute atomic E-state index is 11.5. The highest BCUT2D eigenvalue weighted by Gasteiger charge is 2.03. The second-order valence-electron chi connectivity index (χ2n) is 6.15. The number of hydroxylamine groups is 1. The van der Waals surface area contributed by atoms with Crippen molar-refractivity contribution in [2.75, 3.05) is 6.54 Å². The van der Waals surface area contributed by atoms with Crippen LogP contribution in [0, 0.1) is 0 Å². The van der Waals surface area contributed by atoms with Gasteiger partial charge in [-0.15, -0.1) is 0 Å². The van der Waals surface area contributed by atoms with Gasteiger partial charge in [0.2, 0.25) is 0 Å². The molecule has 0 aliphatic carbocycles. The van der Waals surface area contributed by atoms with Crippen molar-refractivity contribution in [3.63, 3.8) is 0 Å². The molecule has 0 aromatic carbocycles. The fraction of sp³-hybridized carbons (Fsp3) is 0.944. The first kappa shape index (κ1) is 21.4. The molecule has 0 aromatic heterocycles. The van der Waals surface area contributed by atoms with Crippen molar-refractivity contribution in [1.82, 2.24) is 5.48 Å². The average Bonchev–Trinajstić information content (AvgIpc) is 2.52. The number of unbranched alkanes of at least 4 members (excludes halogenated alkanes) is 8. The molecule has 0 bridgehead atoms. The number of carbonyl (C=O) groups is 1. The van der Waals surface area contributed by atoms with Crippen LogP contribution < -0.4 is 5.48 Å². The smallest absolute Gasteiger partial charge is 0.324 e. The summed E-state index contributed by atoms with van der Waals surface area (Å²) in [5, 5.41) is 9.43. The molecule has 0 aliphatic heterocycles. The average molecular weight is 315 g/mol. The van der Waals surface area contributed by atoms with Gasteiger partial charge in [-0.3, -0.25) is 4.79 Å². The van der Waals surface area contributed by atoms with Crippen LogP contribution in [0.15, 0.2) is 0 Å². The molecular formula is C18H37NO3. The lowest BCUT2D eigenvalue weighted by Gasteiger charge is -2.07. The molecule has 1 atom stereocenters. The fourth-order valence-corrected chi connectivity index (χ4v) is 2.37. The van der Waals surface area contributed by atoms with Crippen LogP contribution in [0.2, 0.25) is 0 Å². The third kappa shape index (κ3) is 15.8. The van der Waals surface area contributed by atoms with Gasteiger partial charge in [-0.2, -0.15) is 5.48 Å². The normalized spacial score (nSPS) is 12.3. The molecule has 22 heavy (non-hydrogen) atoms. The van der Waals surface area contributed by atoms with Crippen LogP contribution in [-0.2, 0) is 9.63 Å². The summed E-state index contributed by atoms with van der Waals surface area (Å²) < 4.78 is 0. The van der Waals surface area contributed by atoms with E-state index in [0.717, 1.165) is 45.1 Å². The molecule has 0 radical (unpaired) electrons. The Kier molecular flexibility index (Phi) is 16.3. The molecule has 0 aliphatic rings. The second kappa shape index (κ2) is 16.8. The zero-order valence-corrected chi connectivity index (χ0v) is 14.7. The van der Waals surface area contributed by atoms with Gasteiger partial charge in [-0.1, -0.05) is 65.2 Å². The minimum Gasteiger partial charge on any atom is -0.393 e. The van der Waals surface area contributed by atoms with E-state index < -0.39 is 0 Å². The van der Waals surface area contributed by atoms with Crippen LogP contribution in [0.5, 0.6) is 0 Å². The molecule has 0 rings (SSSR count). The summed E-state index contributed by atoms with van der Waals surface area (Å²) in [4.78, 5) is 16.5. The Labute approximate surface area is 137 Å². The van der Waals surface area contributed by atoms with Gasteiger partial charge in [0.05, 0.1) is 6.10 Å². The fourth-order valence-electron chi connectivity index (χ4n) is 2.37. The van der Waals surface area contributed by atoms with Gasteiger partial charge in [-0.25, -0.2) is 0 Å². The minimum atomic E-state index is -0.137. The van der Waals surface area contributed by atoms with Crippen molar-refractivity contribution >= 4 is 5.97 Å². The summed E-state index contributed by atoms with van der Waals surface area (Å²) in [7, 11) is 0. The number of hydrogen-bond acceptors (Lipinski definition) is 4. The van der Waals surface area contributed by atoms with Crippen LogP contribution in [0.1, 0.15) is 97.3 Å². The Bertz CT molecular complexity index is 246. The summed E-state index contributed by atoms with van der Waals surface area (Å²) in [6.45, 7) is 4.96. The second-order valence-corrected chi connectivity index (χ2v) is 6.15. The molecule has 0 saturated heterocycles. The highest BCUT2D eigenvalue weighted by Crippen LogP contribution is 2.11. The molecule has 0 heterocycles. The van der Waals surface area contributed by atoms with Gasteiger partial charge < -0.3 is 9.94 Å². The molecule has 0 amide bonds. The summed E-state index contributed by atoms with van der Waals surface area (Å²) in [5.41, 5.74) is 2.76. The number of aliphatic hydroxyl groups excluding tert-OH is 1. The molecule has 2 N–H and O–H groups in total. The number of aliphatic hydroxyl groups is 1. The molecule has 1 unspecified atom stereocenters. The molecular weight excluding hydrogens is 278 g/mol. The Morgan fingerprint density at radius 2 is 1.59 bits per heavy atom. The largest absolute Gasteiger partial charge is 0.393 e. The van der Waals surface area contributed by atoms with Gasteiger partial charge in [0, 0.05) is 13.0 Å². The molecule has 0 aromatic rings. The summed E-state index contributed by atoms with van der Waals surface area (Å²) >= 11 is 0. The molecule has 4 heteroatoms. The van der Waals surface area contributed by atoms with Crippen molar-refractivity contribution in [2.45, 2.75) is 103 Å². The predicted octanol–water partition coefficient (Wildman–Crippen LogP) is 4.51. The van der Waals surface area contributed by atoms with Gasteiger partial charge in [0.1, 0.15) is 0 Å². The van der Waals surface area contributed by atoms with E-state index in [0.29, 0.717) is 6.42 Å². The van der Waals surface area contributed by atoms with E-state index >= 15 is 0 Å². The van der Waals surface area contributed by atoms with Crippen molar-refractivity contribution in [1.29, 1.82) is 0 Å². The SMILES string of the molecule is CCCCCCNOC(=O)CCCCCCCCC(O)CC. The summed E-state index contributed by atoms with van der Waals surface area (Å²) in [6.07, 6.45) is 13.5. The zero-order valence-electron chi connectivity index (χ0n) is 14.7. The first-order valence-corrected chi connectivity index (χ1v) is 9.31. The lowest BCUT2D eigenvalue weighted by atomic mass is 10.1. The van der Waals surface area contributed by atoms with E-state index in [2.05, 4.69) is 12.4 Å². The Morgan fingerprint density at radius 3 is 2.27 bits per heavy atom. The Morgan fingerprint density at radius 1 is 0.955 bits per heavy atom. The molecule has 0 spiro atoms. The van der Waals surface area contributed by atoms with Crippen molar-refractivity contribution in [3.8, 4) is 0 Å². The maximum atomic E-state index is 11.5. The van der Waals surface area contributed by atoms with E-state index in [9.17, 15) is 9.90 Å². The van der Waals surface area contributed by atoms with E-state index in [1.165, 1.54) is 38.5 Å². The highest BCUT2D eigenvalue weighted by molar-refractivity contribution is 5.68. The Hall–Kier alpha value is -0.610. The van der Waals surface area contributed by atoms with Crippen LogP contribution in [0.3, 0.4) is 0 Å². The summed E-state index contributed by atoms with van der Waals surface area (Å²) in [5.74, 6) is -0.137. The monoisotopic (exact) mass is 315 g/mol. The van der Waals surface area contributed by atoms with Crippen molar-refractivity contribution < 1.29 is 14.7 Å². The summed E-state index contributed by atoms with van der Waals surface area (Å²) in [6, 6.07) is 0. The topological polar surface area (TPSA) is 58.6 Å². The molecule has 4 nitrogen and oxygen atoms in total. The third-order valence-corrected chi connectivity index (χ3v) is 3.96. The van der Waals surface area contributed by atoms with Crippen molar-refractivity contribution in [3.05, 3.63) is 0 Å². The van der Waals surface area contributed by atoms with E-state index in [4.69, 9.17) is 4.84 Å². The van der Waals surface area contributed by atoms with Gasteiger partial charge in [0.25, 0.3) is 0 Å². The van der Waals surface area contributed by atoms with E-state index in [1.807, 2.05) is 6.92 Å². The maximum Gasteiger partial charge on any atom is 0.324 e. The van der Waals surface area contributed by atoms with Crippen LogP contribution >= 0.6 is 0 Å². The predicted molar refractivity (Wildman–Crippen MR) is 91.5 cm³/mol. The van der Waals surface area contributed by atoms with Crippen LogP contribution in [-0.4, -0.2) is 23.7 Å². The Balaban J connectivity index is 3.18. The van der Waals surface area contributed by atoms with Gasteiger partial charge in [0.15, 0.2) is 0 Å². The first-order chi connectivity index (χ1) is 10.7. The standard InChI is InChI=1S/C18H37NO3/c1-3-5-6-13-16-19-22-18(21)15-12-10-8-7-9-11-14-17(20)4-2/h17,19-20H,3-16H2,1-2H3. The number of nitrogens with one attached hydrogen (secondary N) is 1. The van der Waals surface area contributed by atoms with Crippen LogP contribution in [0.4, 0.5) is 0 Å². The number of carbonyl (C=O) groups excluding carboxylic acids is 1. The number of rotatable bonds is 16. The van der Waals surface area contributed by atoms with E-state index in [1.54, 1.807) is 0 Å².